The van der Waals surface area contributed by atoms with Crippen LogP contribution >= 0.6 is 11.8 Å². The van der Waals surface area contributed by atoms with Crippen molar-refractivity contribution in [3.63, 3.8) is 0 Å². The van der Waals surface area contributed by atoms with Crippen molar-refractivity contribution in [1.82, 2.24) is 19.7 Å². The molecule has 194 valence electrons. The van der Waals surface area contributed by atoms with Gasteiger partial charge in [0, 0.05) is 5.69 Å². The fraction of sp³-hybridized carbons (Fsp3) is 0.0370. The van der Waals surface area contributed by atoms with E-state index in [2.05, 4.69) is 32.2 Å². The predicted molar refractivity (Wildman–Crippen MR) is 128 cm³/mol. The first-order chi connectivity index (χ1) is 18.2. The van der Waals surface area contributed by atoms with E-state index >= 15 is 8.78 Å². The predicted octanol–water partition coefficient (Wildman–Crippen LogP) is 7.57. The van der Waals surface area contributed by atoms with Crippen LogP contribution in [0.3, 0.4) is 0 Å². The van der Waals surface area contributed by atoms with Gasteiger partial charge < -0.3 is 4.68 Å². The summed E-state index contributed by atoms with van der Waals surface area (Å²) in [5, 5.41) is 4.49. The summed E-state index contributed by atoms with van der Waals surface area (Å²) in [5.74, 6) is -2.36. The smallest absolute Gasteiger partial charge is 0.311 e. The Hall–Kier alpha value is -3.87. The van der Waals surface area contributed by atoms with Gasteiger partial charge in [0.15, 0.2) is 5.69 Å². The van der Waals surface area contributed by atoms with Crippen LogP contribution in [0.5, 0.6) is 0 Å². The van der Waals surface area contributed by atoms with E-state index < -0.39 is 34.8 Å². The first-order valence-electron chi connectivity index (χ1n) is 10.9. The fourth-order valence-corrected chi connectivity index (χ4v) is 4.86. The van der Waals surface area contributed by atoms with Crippen LogP contribution in [-0.2, 0) is 27.2 Å². The summed E-state index contributed by atoms with van der Waals surface area (Å²) < 4.78 is 74.3. The van der Waals surface area contributed by atoms with E-state index in [0.29, 0.717) is 10.1 Å². The standard InChI is InChI=1S/C27H10F5N5S.Pt/c1-33-25-23(28)16-12-17(24(25)29)19-8-4-10-21(34-19)38-22-11-5-9-20(35-22)37-13-18(26(36-37)27(30,31)32)15-7-3-2-6-14(15)16;/h2-11H;/q-2;+2. The molecule has 0 aliphatic carbocycles. The zero-order valence-corrected chi connectivity index (χ0v) is 22.2. The molecule has 0 spiro atoms. The third-order valence-electron chi connectivity index (χ3n) is 5.72. The van der Waals surface area contributed by atoms with Crippen LogP contribution in [0.25, 0.3) is 44.2 Å². The van der Waals surface area contributed by atoms with Gasteiger partial charge in [0.25, 0.3) is 0 Å². The van der Waals surface area contributed by atoms with Crippen LogP contribution < -0.4 is 0 Å². The Bertz CT molecular complexity index is 1790. The van der Waals surface area contributed by atoms with E-state index in [1.807, 2.05) is 0 Å². The number of fused-ring (bicyclic) bond motifs is 13. The molecule has 0 atom stereocenters. The second-order valence-corrected chi connectivity index (χ2v) is 9.09. The molecule has 0 fully saturated rings. The molecule has 0 unspecified atom stereocenters. The summed E-state index contributed by atoms with van der Waals surface area (Å²) >= 11 is 1.08. The Morgan fingerprint density at radius 2 is 1.46 bits per heavy atom. The van der Waals surface area contributed by atoms with Crippen LogP contribution in [0.15, 0.2) is 70.7 Å². The minimum atomic E-state index is -4.89. The quantitative estimate of drug-likeness (QED) is 0.120. The number of hydrogen-bond acceptors (Lipinski definition) is 4. The van der Waals surface area contributed by atoms with Crippen molar-refractivity contribution < 1.29 is 43.0 Å². The van der Waals surface area contributed by atoms with Crippen LogP contribution in [0.4, 0.5) is 27.6 Å². The molecule has 1 aliphatic rings. The molecule has 3 aromatic heterocycles. The van der Waals surface area contributed by atoms with Gasteiger partial charge in [0.1, 0.15) is 0 Å². The molecule has 0 radical (unpaired) electrons. The SMILES string of the molecule is [C-]#[N+]c1c(F)c2[c-]c(c1F)-c1ccccc1-c1[c-]n(nc1C(F)(F)F)-c1cccc(n1)Sc1cccc-2n1.[Pt+2]. The van der Waals surface area contributed by atoms with Crippen molar-refractivity contribution in [2.45, 2.75) is 16.2 Å². The average Bonchev–Trinajstić information content (AvgIpc) is 3.36. The van der Waals surface area contributed by atoms with Gasteiger partial charge >= 0.3 is 27.2 Å². The number of hydrogen-bond donors (Lipinski definition) is 0. The molecule has 0 N–H and O–H groups in total. The molecule has 1 aliphatic heterocycles. The van der Waals surface area contributed by atoms with Gasteiger partial charge in [-0.25, -0.2) is 9.94 Å². The number of rotatable bonds is 0. The zero-order chi connectivity index (χ0) is 26.6. The Balaban J connectivity index is 0.00000308. The van der Waals surface area contributed by atoms with Crippen LogP contribution in [0.2, 0.25) is 0 Å². The zero-order valence-electron chi connectivity index (χ0n) is 19.1. The second-order valence-electron chi connectivity index (χ2n) is 8.05. The average molecular weight is 727 g/mol. The summed E-state index contributed by atoms with van der Waals surface area (Å²) in [6, 6.07) is 17.7. The van der Waals surface area contributed by atoms with E-state index in [9.17, 15) is 13.2 Å². The van der Waals surface area contributed by atoms with Gasteiger partial charge in [-0.05, 0) is 18.3 Å². The molecule has 0 saturated heterocycles. The minimum Gasteiger partial charge on any atom is -0.311 e. The minimum absolute atomic E-state index is 0. The molecule has 0 saturated carbocycles. The van der Waals surface area contributed by atoms with Crippen molar-refractivity contribution >= 4 is 17.4 Å². The van der Waals surface area contributed by atoms with Crippen molar-refractivity contribution in [2.75, 3.05) is 0 Å². The van der Waals surface area contributed by atoms with Gasteiger partial charge in [-0.2, -0.15) is 13.2 Å². The summed E-state index contributed by atoms with van der Waals surface area (Å²) in [6.07, 6.45) is -2.26. The summed E-state index contributed by atoms with van der Waals surface area (Å²) in [6.45, 7) is 7.39. The Morgan fingerprint density at radius 3 is 2.15 bits per heavy atom. The van der Waals surface area contributed by atoms with E-state index in [4.69, 9.17) is 6.57 Å². The molecule has 39 heavy (non-hydrogen) atoms. The van der Waals surface area contributed by atoms with Gasteiger partial charge in [-0.3, -0.25) is 18.7 Å². The monoisotopic (exact) mass is 726 g/mol. The molecule has 2 aromatic carbocycles. The Labute approximate surface area is 236 Å². The molecule has 0 amide bonds. The molecule has 5 aromatic rings. The molecule has 4 heterocycles. The maximum Gasteiger partial charge on any atom is 2.00 e. The topological polar surface area (TPSA) is 48.0 Å². The number of benzene rings is 2. The normalized spacial score (nSPS) is 11.9. The Morgan fingerprint density at radius 1 is 0.821 bits per heavy atom. The van der Waals surface area contributed by atoms with Crippen molar-refractivity contribution in [1.29, 1.82) is 0 Å². The van der Waals surface area contributed by atoms with Crippen molar-refractivity contribution in [3.05, 3.63) is 102 Å². The van der Waals surface area contributed by atoms with Gasteiger partial charge in [0.2, 0.25) is 0 Å². The molecule has 5 nitrogen and oxygen atoms in total. The summed E-state index contributed by atoms with van der Waals surface area (Å²) in [5.41, 5.74) is -3.41. The molecule has 12 heteroatoms. The number of nitrogens with zero attached hydrogens (tertiary/aromatic N) is 5. The van der Waals surface area contributed by atoms with Crippen molar-refractivity contribution in [2.24, 2.45) is 0 Å². The van der Waals surface area contributed by atoms with E-state index in [-0.39, 0.29) is 54.8 Å². The second kappa shape index (κ2) is 10.0. The third-order valence-corrected chi connectivity index (χ3v) is 6.59. The van der Waals surface area contributed by atoms with Crippen LogP contribution in [0.1, 0.15) is 5.69 Å². The number of halogens is 5. The van der Waals surface area contributed by atoms with Gasteiger partial charge in [-0.1, -0.05) is 65.4 Å². The van der Waals surface area contributed by atoms with Gasteiger partial charge in [-0.15, -0.1) is 28.8 Å². The van der Waals surface area contributed by atoms with Crippen LogP contribution in [-0.4, -0.2) is 19.7 Å². The number of pyridine rings is 2. The van der Waals surface area contributed by atoms with Gasteiger partial charge in [0.05, 0.1) is 39.8 Å². The number of alkyl halides is 3. The molecule has 8 bridgehead atoms. The van der Waals surface area contributed by atoms with Crippen molar-refractivity contribution in [3.8, 4) is 39.3 Å². The maximum absolute atomic E-state index is 15.5. The third kappa shape index (κ3) is 4.64. The largest absolute Gasteiger partial charge is 2.00 e. The Kier molecular flexibility index (Phi) is 6.87. The fourth-order valence-electron chi connectivity index (χ4n) is 4.07. The molecular formula is C27H10F5N5PtS. The van der Waals surface area contributed by atoms with E-state index in [1.165, 1.54) is 36.4 Å². The maximum atomic E-state index is 15.5. The summed E-state index contributed by atoms with van der Waals surface area (Å²) in [4.78, 5) is 11.9. The molecule has 6 rings (SSSR count). The first-order valence-corrected chi connectivity index (χ1v) is 11.7. The van der Waals surface area contributed by atoms with Crippen LogP contribution in [0, 0.1) is 30.5 Å². The molecular weight excluding hydrogens is 716 g/mol. The van der Waals surface area contributed by atoms with E-state index in [0.717, 1.165) is 16.4 Å². The number of aromatic nitrogens is 4. The summed E-state index contributed by atoms with van der Waals surface area (Å²) in [7, 11) is 0. The van der Waals surface area contributed by atoms with E-state index in [1.54, 1.807) is 24.3 Å². The first kappa shape index (κ1) is 26.7.